The Labute approximate surface area is 118 Å². The van der Waals surface area contributed by atoms with Gasteiger partial charge in [0.2, 0.25) is 0 Å². The van der Waals surface area contributed by atoms with Crippen LogP contribution in [-0.2, 0) is 4.74 Å². The van der Waals surface area contributed by atoms with Gasteiger partial charge in [0.05, 0.1) is 25.8 Å². The molecule has 106 valence electrons. The third kappa shape index (κ3) is 3.49. The highest BCUT2D eigenvalue weighted by Gasteiger charge is 2.24. The summed E-state index contributed by atoms with van der Waals surface area (Å²) in [6.45, 7) is 3.89. The molecule has 5 nitrogen and oxygen atoms in total. The fourth-order valence-electron chi connectivity index (χ4n) is 2.03. The largest absolute Gasteiger partial charge is 0.494 e. The minimum Gasteiger partial charge on any atom is -0.494 e. The molecule has 20 heavy (non-hydrogen) atoms. The molecule has 1 fully saturated rings. The molecule has 0 N–H and O–H groups in total. The van der Waals surface area contributed by atoms with E-state index < -0.39 is 6.10 Å². The number of ether oxygens (including phenoxy) is 2. The summed E-state index contributed by atoms with van der Waals surface area (Å²) in [7, 11) is 0. The Morgan fingerprint density at radius 1 is 1.60 bits per heavy atom. The summed E-state index contributed by atoms with van der Waals surface area (Å²) >= 11 is 0. The third-order valence-corrected chi connectivity index (χ3v) is 3.05. The lowest BCUT2D eigenvalue weighted by Crippen LogP contribution is -2.45. The number of morpholine rings is 1. The summed E-state index contributed by atoms with van der Waals surface area (Å²) in [5, 5.41) is 8.87. The van der Waals surface area contributed by atoms with Gasteiger partial charge in [0.15, 0.2) is 6.10 Å². The Hall–Kier alpha value is -2.06. The summed E-state index contributed by atoms with van der Waals surface area (Å²) in [5.41, 5.74) is 0.581. The second-order valence-electron chi connectivity index (χ2n) is 4.62. The minimum atomic E-state index is -0.535. The molecule has 0 aliphatic carbocycles. The van der Waals surface area contributed by atoms with Gasteiger partial charge in [0, 0.05) is 12.1 Å². The third-order valence-electron chi connectivity index (χ3n) is 3.05. The topological polar surface area (TPSA) is 62.6 Å². The quantitative estimate of drug-likeness (QED) is 0.840. The molecule has 1 aliphatic heterocycles. The number of amides is 1. The van der Waals surface area contributed by atoms with Crippen LogP contribution in [0.2, 0.25) is 0 Å². The zero-order chi connectivity index (χ0) is 14.4. The predicted molar refractivity (Wildman–Crippen MR) is 73.5 cm³/mol. The van der Waals surface area contributed by atoms with Crippen molar-refractivity contribution in [1.29, 1.82) is 5.26 Å². The van der Waals surface area contributed by atoms with Gasteiger partial charge in [0.25, 0.3) is 5.91 Å². The molecule has 1 aliphatic rings. The molecule has 2 rings (SSSR count). The lowest BCUT2D eigenvalue weighted by atomic mass is 10.1. The van der Waals surface area contributed by atoms with Crippen molar-refractivity contribution in [2.24, 2.45) is 0 Å². The first-order chi connectivity index (χ1) is 9.74. The van der Waals surface area contributed by atoms with Gasteiger partial charge in [0.1, 0.15) is 5.75 Å². The summed E-state index contributed by atoms with van der Waals surface area (Å²) < 4.78 is 10.8. The molecule has 1 aromatic rings. The number of carbonyl (C=O) groups is 1. The maximum Gasteiger partial charge on any atom is 0.254 e. The van der Waals surface area contributed by atoms with Crippen LogP contribution in [0.25, 0.3) is 0 Å². The number of carbonyl (C=O) groups excluding carboxylic acids is 1. The van der Waals surface area contributed by atoms with Crippen molar-refractivity contribution in [3.8, 4) is 11.8 Å². The van der Waals surface area contributed by atoms with Crippen LogP contribution >= 0.6 is 0 Å². The Balaban J connectivity index is 2.06. The molecule has 1 atom stereocenters. The monoisotopic (exact) mass is 274 g/mol. The van der Waals surface area contributed by atoms with Gasteiger partial charge < -0.3 is 14.4 Å². The first kappa shape index (κ1) is 14.4. The summed E-state index contributed by atoms with van der Waals surface area (Å²) in [6.07, 6.45) is 0.387. The van der Waals surface area contributed by atoms with E-state index in [0.29, 0.717) is 37.6 Å². The van der Waals surface area contributed by atoms with Crippen LogP contribution in [0.1, 0.15) is 23.7 Å². The van der Waals surface area contributed by atoms with Crippen LogP contribution in [0.4, 0.5) is 0 Å². The second kappa shape index (κ2) is 6.92. The SMILES string of the molecule is CCCOc1cccc(C(=O)N2CCOC(C#N)C2)c1. The predicted octanol–water partition coefficient (Wildman–Crippen LogP) is 1.84. The molecular formula is C15H18N2O3. The van der Waals surface area contributed by atoms with Crippen molar-refractivity contribution in [2.45, 2.75) is 19.4 Å². The molecule has 1 aromatic carbocycles. The highest BCUT2D eigenvalue weighted by molar-refractivity contribution is 5.94. The molecule has 0 saturated carbocycles. The number of rotatable bonds is 4. The van der Waals surface area contributed by atoms with Gasteiger partial charge >= 0.3 is 0 Å². The average Bonchev–Trinajstić information content (AvgIpc) is 2.52. The first-order valence-electron chi connectivity index (χ1n) is 6.78. The Morgan fingerprint density at radius 2 is 2.45 bits per heavy atom. The number of hydrogen-bond acceptors (Lipinski definition) is 4. The van der Waals surface area contributed by atoms with Crippen LogP contribution in [-0.4, -0.2) is 43.2 Å². The molecule has 1 unspecified atom stereocenters. The molecule has 1 amide bonds. The smallest absolute Gasteiger partial charge is 0.254 e. The maximum atomic E-state index is 12.4. The van der Waals surface area contributed by atoms with Gasteiger partial charge in [-0.25, -0.2) is 0 Å². The highest BCUT2D eigenvalue weighted by Crippen LogP contribution is 2.16. The van der Waals surface area contributed by atoms with E-state index in [-0.39, 0.29) is 5.91 Å². The van der Waals surface area contributed by atoms with E-state index >= 15 is 0 Å². The van der Waals surface area contributed by atoms with E-state index in [0.717, 1.165) is 6.42 Å². The standard InChI is InChI=1S/C15H18N2O3/c1-2-7-19-13-5-3-4-12(9-13)15(18)17-6-8-20-14(10-16)11-17/h3-5,9,14H,2,6-8,11H2,1H3. The zero-order valence-electron chi connectivity index (χ0n) is 11.5. The van der Waals surface area contributed by atoms with Crippen molar-refractivity contribution in [2.75, 3.05) is 26.3 Å². The molecule has 0 bridgehead atoms. The molecule has 0 spiro atoms. The normalized spacial score (nSPS) is 18.4. The average molecular weight is 274 g/mol. The summed E-state index contributed by atoms with van der Waals surface area (Å²) in [6, 6.07) is 9.19. The van der Waals surface area contributed by atoms with Gasteiger partial charge in [-0.2, -0.15) is 5.26 Å². The molecule has 5 heteroatoms. The fourth-order valence-corrected chi connectivity index (χ4v) is 2.03. The van der Waals surface area contributed by atoms with E-state index in [9.17, 15) is 4.79 Å². The van der Waals surface area contributed by atoms with E-state index in [4.69, 9.17) is 14.7 Å². The van der Waals surface area contributed by atoms with Gasteiger partial charge in [-0.3, -0.25) is 4.79 Å². The fraction of sp³-hybridized carbons (Fsp3) is 0.467. The van der Waals surface area contributed by atoms with Crippen LogP contribution in [0.3, 0.4) is 0 Å². The van der Waals surface area contributed by atoms with Crippen molar-refractivity contribution < 1.29 is 14.3 Å². The Kier molecular flexibility index (Phi) is 4.97. The highest BCUT2D eigenvalue weighted by atomic mass is 16.5. The number of hydrogen-bond donors (Lipinski definition) is 0. The second-order valence-corrected chi connectivity index (χ2v) is 4.62. The van der Waals surface area contributed by atoms with Gasteiger partial charge in [-0.05, 0) is 24.6 Å². The number of nitriles is 1. The summed E-state index contributed by atoms with van der Waals surface area (Å²) in [5.74, 6) is 0.610. The zero-order valence-corrected chi connectivity index (χ0v) is 11.5. The lowest BCUT2D eigenvalue weighted by Gasteiger charge is -2.29. The molecule has 1 heterocycles. The molecule has 1 saturated heterocycles. The van der Waals surface area contributed by atoms with Crippen LogP contribution < -0.4 is 4.74 Å². The lowest BCUT2D eigenvalue weighted by molar-refractivity contribution is 0.00345. The van der Waals surface area contributed by atoms with Crippen molar-refractivity contribution in [1.82, 2.24) is 4.90 Å². The first-order valence-corrected chi connectivity index (χ1v) is 6.78. The van der Waals surface area contributed by atoms with E-state index in [1.54, 1.807) is 23.1 Å². The van der Waals surface area contributed by atoms with Crippen molar-refractivity contribution in [3.05, 3.63) is 29.8 Å². The Morgan fingerprint density at radius 3 is 3.20 bits per heavy atom. The van der Waals surface area contributed by atoms with Crippen LogP contribution in [0.5, 0.6) is 5.75 Å². The van der Waals surface area contributed by atoms with Crippen molar-refractivity contribution >= 4 is 5.91 Å². The molecular weight excluding hydrogens is 256 g/mol. The van der Waals surface area contributed by atoms with E-state index in [1.807, 2.05) is 19.1 Å². The van der Waals surface area contributed by atoms with E-state index in [2.05, 4.69) is 0 Å². The molecule has 0 aromatic heterocycles. The minimum absolute atomic E-state index is 0.0875. The summed E-state index contributed by atoms with van der Waals surface area (Å²) in [4.78, 5) is 14.0. The molecule has 0 radical (unpaired) electrons. The van der Waals surface area contributed by atoms with Crippen LogP contribution in [0, 0.1) is 11.3 Å². The Bertz CT molecular complexity index is 510. The van der Waals surface area contributed by atoms with E-state index in [1.165, 1.54) is 0 Å². The van der Waals surface area contributed by atoms with Gasteiger partial charge in [-0.1, -0.05) is 13.0 Å². The maximum absolute atomic E-state index is 12.4. The van der Waals surface area contributed by atoms with Gasteiger partial charge in [-0.15, -0.1) is 0 Å². The van der Waals surface area contributed by atoms with Crippen LogP contribution in [0.15, 0.2) is 24.3 Å². The van der Waals surface area contributed by atoms with Crippen molar-refractivity contribution in [3.63, 3.8) is 0 Å². The number of benzene rings is 1. The number of nitrogens with zero attached hydrogens (tertiary/aromatic N) is 2.